The first-order chi connectivity index (χ1) is 11.6. The Hall–Kier alpha value is -1.50. The molecule has 1 fully saturated rings. The summed E-state index contributed by atoms with van der Waals surface area (Å²) < 4.78 is 50.5. The summed E-state index contributed by atoms with van der Waals surface area (Å²) in [4.78, 5) is 18.3. The molecule has 1 atom stereocenters. The van der Waals surface area contributed by atoms with Gasteiger partial charge >= 0.3 is 0 Å². The molecule has 3 heterocycles. The van der Waals surface area contributed by atoms with Crippen molar-refractivity contribution >= 4 is 25.8 Å². The molecule has 1 saturated heterocycles. The van der Waals surface area contributed by atoms with Gasteiger partial charge in [-0.15, -0.1) is 0 Å². The van der Waals surface area contributed by atoms with Gasteiger partial charge in [-0.3, -0.25) is 14.3 Å². The second-order valence-corrected chi connectivity index (χ2v) is 10.4. The van der Waals surface area contributed by atoms with E-state index in [1.807, 2.05) is 0 Å². The van der Waals surface area contributed by atoms with Crippen molar-refractivity contribution in [2.45, 2.75) is 12.5 Å². The molecule has 0 radical (unpaired) electrons. The van der Waals surface area contributed by atoms with Gasteiger partial charge < -0.3 is 0 Å². The van der Waals surface area contributed by atoms with Crippen molar-refractivity contribution in [3.63, 3.8) is 0 Å². The number of aromatic nitrogens is 2. The number of amides is 1. The van der Waals surface area contributed by atoms with Crippen LogP contribution in [0.2, 0.25) is 0 Å². The third-order valence-corrected chi connectivity index (χ3v) is 7.24. The number of fused-ring (bicyclic) bond motifs is 1. The van der Waals surface area contributed by atoms with Crippen LogP contribution in [0.1, 0.15) is 17.3 Å². The Labute approximate surface area is 146 Å². The molecule has 3 rings (SSSR count). The first-order valence-electron chi connectivity index (χ1n) is 7.72. The maximum Gasteiger partial charge on any atom is 0.269 e. The Morgan fingerprint density at radius 2 is 2.04 bits per heavy atom. The number of sulfonamides is 1. The van der Waals surface area contributed by atoms with Crippen LogP contribution in [0, 0.1) is 0 Å². The van der Waals surface area contributed by atoms with Gasteiger partial charge in [-0.25, -0.2) is 21.9 Å². The van der Waals surface area contributed by atoms with Crippen LogP contribution in [-0.2, 0) is 43.0 Å². The van der Waals surface area contributed by atoms with Crippen LogP contribution in [0.3, 0.4) is 0 Å². The Kier molecular flexibility index (Phi) is 4.64. The summed E-state index contributed by atoms with van der Waals surface area (Å²) in [5.74, 6) is -0.990. The van der Waals surface area contributed by atoms with Gasteiger partial charge in [0, 0.05) is 31.3 Å². The van der Waals surface area contributed by atoms with Gasteiger partial charge in [0.05, 0.1) is 37.1 Å². The minimum Gasteiger partial charge on any atom is -0.272 e. The van der Waals surface area contributed by atoms with Crippen LogP contribution in [0.5, 0.6) is 0 Å². The molecule has 1 aromatic rings. The molecule has 0 spiro atoms. The molecule has 12 heteroatoms. The van der Waals surface area contributed by atoms with Gasteiger partial charge in [0.2, 0.25) is 10.0 Å². The molecule has 0 saturated carbocycles. The third-order valence-electron chi connectivity index (χ3n) is 4.40. The van der Waals surface area contributed by atoms with Crippen molar-refractivity contribution in [2.75, 3.05) is 37.5 Å². The fourth-order valence-corrected chi connectivity index (χ4v) is 5.09. The van der Waals surface area contributed by atoms with E-state index in [1.165, 1.54) is 6.20 Å². The van der Waals surface area contributed by atoms with Crippen LogP contribution in [0.25, 0.3) is 0 Å². The van der Waals surface area contributed by atoms with Gasteiger partial charge in [0.15, 0.2) is 9.84 Å². The van der Waals surface area contributed by atoms with E-state index >= 15 is 0 Å². The summed E-state index contributed by atoms with van der Waals surface area (Å²) in [6, 6.07) is -1.10. The molecule has 0 aliphatic carbocycles. The standard InChI is InChI=1S/C13H20N4O6S2/c1-15-11-3-4-17(24(2,19)20)12(10(11)9-14-15)13(18)16-5-7-25(21,22)8-6-23-16/h9,12H,3-8H2,1-2H3. The monoisotopic (exact) mass is 392 g/mol. The lowest BCUT2D eigenvalue weighted by molar-refractivity contribution is -0.186. The molecule has 25 heavy (non-hydrogen) atoms. The third kappa shape index (κ3) is 3.57. The van der Waals surface area contributed by atoms with Gasteiger partial charge in [-0.1, -0.05) is 0 Å². The smallest absolute Gasteiger partial charge is 0.269 e. The predicted molar refractivity (Wildman–Crippen MR) is 87.5 cm³/mol. The normalized spacial score (nSPS) is 24.6. The number of nitrogens with zero attached hydrogens (tertiary/aromatic N) is 4. The Morgan fingerprint density at radius 3 is 2.72 bits per heavy atom. The molecule has 10 nitrogen and oxygen atoms in total. The first-order valence-corrected chi connectivity index (χ1v) is 11.4. The lowest BCUT2D eigenvalue weighted by Crippen LogP contribution is -2.48. The molecule has 0 bridgehead atoms. The van der Waals surface area contributed by atoms with Gasteiger partial charge in [0.25, 0.3) is 5.91 Å². The SMILES string of the molecule is Cn1ncc2c1CCN(S(C)(=O)=O)C2C(=O)N1CCS(=O)(=O)CCO1. The fourth-order valence-electron chi connectivity index (χ4n) is 3.10. The predicted octanol–water partition coefficient (Wildman–Crippen LogP) is -1.53. The number of aryl methyl sites for hydroxylation is 1. The van der Waals surface area contributed by atoms with Crippen molar-refractivity contribution in [3.05, 3.63) is 17.5 Å². The molecule has 1 amide bonds. The van der Waals surface area contributed by atoms with E-state index in [1.54, 1.807) is 11.7 Å². The summed E-state index contributed by atoms with van der Waals surface area (Å²) in [5.41, 5.74) is 1.28. The molecular weight excluding hydrogens is 372 g/mol. The summed E-state index contributed by atoms with van der Waals surface area (Å²) in [7, 11) is -5.20. The largest absolute Gasteiger partial charge is 0.272 e. The highest BCUT2D eigenvalue weighted by molar-refractivity contribution is 7.91. The number of carbonyl (C=O) groups is 1. The lowest BCUT2D eigenvalue weighted by Gasteiger charge is -2.35. The molecule has 0 aromatic carbocycles. The number of hydrogen-bond donors (Lipinski definition) is 0. The highest BCUT2D eigenvalue weighted by Crippen LogP contribution is 2.33. The Morgan fingerprint density at radius 1 is 1.32 bits per heavy atom. The average molecular weight is 392 g/mol. The highest BCUT2D eigenvalue weighted by Gasteiger charge is 2.42. The van der Waals surface area contributed by atoms with E-state index in [0.717, 1.165) is 21.3 Å². The fraction of sp³-hybridized carbons (Fsp3) is 0.692. The molecule has 2 aliphatic heterocycles. The van der Waals surface area contributed by atoms with E-state index in [2.05, 4.69) is 5.10 Å². The molecular formula is C13H20N4O6S2. The second kappa shape index (κ2) is 6.34. The van der Waals surface area contributed by atoms with E-state index in [-0.39, 0.29) is 31.2 Å². The van der Waals surface area contributed by atoms with Crippen LogP contribution < -0.4 is 0 Å². The Balaban J connectivity index is 1.97. The van der Waals surface area contributed by atoms with E-state index in [9.17, 15) is 21.6 Å². The zero-order chi connectivity index (χ0) is 18.4. The maximum absolute atomic E-state index is 13.0. The summed E-state index contributed by atoms with van der Waals surface area (Å²) in [6.07, 6.45) is 2.96. The minimum absolute atomic E-state index is 0.134. The van der Waals surface area contributed by atoms with Crippen molar-refractivity contribution in [3.8, 4) is 0 Å². The summed E-state index contributed by atoms with van der Waals surface area (Å²) in [5, 5.41) is 5.09. The van der Waals surface area contributed by atoms with Crippen LogP contribution >= 0.6 is 0 Å². The van der Waals surface area contributed by atoms with E-state index in [0.29, 0.717) is 12.0 Å². The van der Waals surface area contributed by atoms with Gasteiger partial charge in [-0.05, 0) is 0 Å². The first kappa shape index (κ1) is 18.3. The van der Waals surface area contributed by atoms with Crippen LogP contribution in [0.4, 0.5) is 0 Å². The summed E-state index contributed by atoms with van der Waals surface area (Å²) >= 11 is 0. The van der Waals surface area contributed by atoms with Crippen molar-refractivity contribution in [2.24, 2.45) is 7.05 Å². The van der Waals surface area contributed by atoms with E-state index in [4.69, 9.17) is 4.84 Å². The van der Waals surface area contributed by atoms with Crippen LogP contribution in [-0.4, -0.2) is 79.3 Å². The maximum atomic E-state index is 13.0. The number of carbonyl (C=O) groups excluding carboxylic acids is 1. The van der Waals surface area contributed by atoms with Crippen LogP contribution in [0.15, 0.2) is 6.20 Å². The molecule has 140 valence electrons. The van der Waals surface area contributed by atoms with Gasteiger partial charge in [0.1, 0.15) is 6.04 Å². The molecule has 2 aliphatic rings. The highest BCUT2D eigenvalue weighted by atomic mass is 32.2. The number of hydroxylamine groups is 2. The molecule has 0 N–H and O–H groups in total. The lowest BCUT2D eigenvalue weighted by atomic mass is 10.0. The molecule has 1 aromatic heterocycles. The minimum atomic E-state index is -3.65. The van der Waals surface area contributed by atoms with Crippen molar-refractivity contribution in [1.82, 2.24) is 19.1 Å². The zero-order valence-electron chi connectivity index (χ0n) is 14.0. The number of rotatable bonds is 2. The van der Waals surface area contributed by atoms with Crippen molar-refractivity contribution in [1.29, 1.82) is 0 Å². The average Bonchev–Trinajstić information content (AvgIpc) is 2.79. The second-order valence-electron chi connectivity index (χ2n) is 6.12. The topological polar surface area (TPSA) is 119 Å². The zero-order valence-corrected chi connectivity index (χ0v) is 15.6. The van der Waals surface area contributed by atoms with Crippen molar-refractivity contribution < 1.29 is 26.5 Å². The summed E-state index contributed by atoms with van der Waals surface area (Å²) in [6.45, 7) is -0.127. The molecule has 1 unspecified atom stereocenters. The van der Waals surface area contributed by atoms with Gasteiger partial charge in [-0.2, -0.15) is 9.40 Å². The van der Waals surface area contributed by atoms with E-state index < -0.39 is 31.8 Å². The Bertz CT molecular complexity index is 892. The number of sulfone groups is 1. The number of hydrogen-bond acceptors (Lipinski definition) is 7. The quantitative estimate of drug-likeness (QED) is 0.599.